The van der Waals surface area contributed by atoms with Crippen LogP contribution in [0, 0.1) is 13.8 Å². The number of nitrogens with one attached hydrogen (secondary N) is 1. The van der Waals surface area contributed by atoms with Gasteiger partial charge in [0.1, 0.15) is 24.0 Å². The molecule has 0 aliphatic carbocycles. The van der Waals surface area contributed by atoms with E-state index in [4.69, 9.17) is 9.26 Å². The van der Waals surface area contributed by atoms with Crippen molar-refractivity contribution in [2.75, 3.05) is 0 Å². The van der Waals surface area contributed by atoms with Crippen LogP contribution in [0.4, 0.5) is 0 Å². The number of aromatic nitrogens is 2. The number of aromatic amines is 1. The van der Waals surface area contributed by atoms with E-state index in [0.29, 0.717) is 11.0 Å². The Bertz CT molecular complexity index is 1180. The minimum Gasteiger partial charge on any atom is -0.388 e. The van der Waals surface area contributed by atoms with Crippen LogP contribution < -0.4 is 5.56 Å². The summed E-state index contributed by atoms with van der Waals surface area (Å²) in [7, 11) is -4.47. The molecule has 3 heterocycles. The van der Waals surface area contributed by atoms with Crippen molar-refractivity contribution in [3.63, 3.8) is 0 Å². The Morgan fingerprint density at radius 2 is 1.80 bits per heavy atom. The molecular formula is C24H37N2O8P. The van der Waals surface area contributed by atoms with Gasteiger partial charge < -0.3 is 34.5 Å². The fraction of sp³-hybridized carbons (Fsp3) is 0.667. The molecule has 1 fully saturated rings. The molecule has 1 saturated heterocycles. The van der Waals surface area contributed by atoms with Crippen LogP contribution in [-0.4, -0.2) is 59.4 Å². The summed E-state index contributed by atoms with van der Waals surface area (Å²) >= 11 is 0. The van der Waals surface area contributed by atoms with Gasteiger partial charge in [-0.05, 0) is 57.2 Å². The van der Waals surface area contributed by atoms with Crippen molar-refractivity contribution >= 4 is 18.6 Å². The van der Waals surface area contributed by atoms with E-state index in [1.165, 1.54) is 0 Å². The molecule has 5 N–H and O–H groups in total. The highest BCUT2D eigenvalue weighted by atomic mass is 31.2. The average molecular weight is 513 g/mol. The normalized spacial score (nSPS) is 26.6. The number of fused-ring (bicyclic) bond motifs is 1. The number of H-pyrrole nitrogens is 1. The maximum atomic E-state index is 13.0. The predicted octanol–water partition coefficient (Wildman–Crippen LogP) is 2.97. The molecule has 2 aromatic rings. The second-order valence-corrected chi connectivity index (χ2v) is 11.8. The first-order chi connectivity index (χ1) is 16.2. The lowest BCUT2D eigenvalue weighted by Gasteiger charge is -2.38. The minimum atomic E-state index is -4.47. The number of aryl methyl sites for hydroxylation is 2. The standard InChI is InChI=1S/C24H37N2O8P/c1-7-23(6,34-35(31,32)24(30,8-2)9-3)11-17-18(27)19(28)20(33-17)16-10-15-14(5)13(4)12-25-21(15)26-22(16)29/h10,12,17-20,27-28,30H,7-9,11H2,1-6H3,(H,31,32)(H,25,26,29)/t17-,18?,19+,20+,23?/m1/s1. The van der Waals surface area contributed by atoms with Crippen molar-refractivity contribution in [3.05, 3.63) is 39.3 Å². The third-order valence-electron chi connectivity index (χ3n) is 7.48. The molecular weight excluding hydrogens is 475 g/mol. The van der Waals surface area contributed by atoms with Crippen molar-refractivity contribution in [2.24, 2.45) is 0 Å². The second kappa shape index (κ2) is 10.0. The molecule has 11 heteroatoms. The number of nitrogens with zero attached hydrogens (tertiary/aromatic N) is 1. The number of ether oxygens (including phenoxy) is 1. The second-order valence-electron chi connectivity index (χ2n) is 9.77. The maximum Gasteiger partial charge on any atom is 0.359 e. The lowest BCUT2D eigenvalue weighted by atomic mass is 9.92. The molecule has 1 aliphatic heterocycles. The van der Waals surface area contributed by atoms with E-state index in [1.807, 2.05) is 13.8 Å². The molecule has 6 atom stereocenters. The van der Waals surface area contributed by atoms with Gasteiger partial charge in [0.25, 0.3) is 5.56 Å². The summed E-state index contributed by atoms with van der Waals surface area (Å²) in [6.45, 7) is 10.3. The first-order valence-corrected chi connectivity index (χ1v) is 13.6. The summed E-state index contributed by atoms with van der Waals surface area (Å²) in [6.07, 6.45) is -2.92. The van der Waals surface area contributed by atoms with Crippen molar-refractivity contribution < 1.29 is 34.0 Å². The first-order valence-electron chi connectivity index (χ1n) is 12.0. The summed E-state index contributed by atoms with van der Waals surface area (Å²) in [4.78, 5) is 30.3. The fourth-order valence-corrected chi connectivity index (χ4v) is 6.26. The Morgan fingerprint density at radius 3 is 2.37 bits per heavy atom. The number of pyridine rings is 2. The third kappa shape index (κ3) is 5.11. The smallest absolute Gasteiger partial charge is 0.359 e. The van der Waals surface area contributed by atoms with Crippen LogP contribution in [0.5, 0.6) is 0 Å². The van der Waals surface area contributed by atoms with Crippen LogP contribution in [0.15, 0.2) is 17.1 Å². The van der Waals surface area contributed by atoms with Crippen LogP contribution in [-0.2, 0) is 13.8 Å². The van der Waals surface area contributed by atoms with Crippen molar-refractivity contribution in [1.29, 1.82) is 0 Å². The molecule has 35 heavy (non-hydrogen) atoms. The summed E-state index contributed by atoms with van der Waals surface area (Å²) < 4.78 is 24.6. The van der Waals surface area contributed by atoms with E-state index in [-0.39, 0.29) is 31.2 Å². The molecule has 3 unspecified atom stereocenters. The molecule has 0 radical (unpaired) electrons. The minimum absolute atomic E-state index is 0.0267. The summed E-state index contributed by atoms with van der Waals surface area (Å²) in [5.41, 5.74) is 0.676. The van der Waals surface area contributed by atoms with E-state index in [0.717, 1.165) is 11.1 Å². The van der Waals surface area contributed by atoms with Crippen LogP contribution in [0.1, 0.15) is 76.2 Å². The van der Waals surface area contributed by atoms with Crippen molar-refractivity contribution in [1.82, 2.24) is 9.97 Å². The largest absolute Gasteiger partial charge is 0.388 e. The summed E-state index contributed by atoms with van der Waals surface area (Å²) in [5, 5.41) is 31.0. The Kier molecular flexibility index (Phi) is 7.99. The Balaban J connectivity index is 1.90. The van der Waals surface area contributed by atoms with Gasteiger partial charge in [-0.25, -0.2) is 4.98 Å². The molecule has 0 saturated carbocycles. The molecule has 10 nitrogen and oxygen atoms in total. The van der Waals surface area contributed by atoms with Gasteiger partial charge in [0.2, 0.25) is 0 Å². The molecule has 0 amide bonds. The Labute approximate surface area is 204 Å². The zero-order chi connectivity index (χ0) is 26.3. The molecule has 0 aromatic carbocycles. The molecule has 2 aromatic heterocycles. The lowest BCUT2D eigenvalue weighted by molar-refractivity contribution is -0.0544. The zero-order valence-corrected chi connectivity index (χ0v) is 22.0. The molecule has 196 valence electrons. The highest BCUT2D eigenvalue weighted by Gasteiger charge is 2.51. The number of aliphatic hydroxyl groups excluding tert-OH is 2. The topological polar surface area (TPSA) is 162 Å². The van der Waals surface area contributed by atoms with E-state index in [2.05, 4.69) is 9.97 Å². The number of rotatable bonds is 9. The average Bonchev–Trinajstić information content (AvgIpc) is 3.08. The van der Waals surface area contributed by atoms with Crippen molar-refractivity contribution in [3.8, 4) is 0 Å². The van der Waals surface area contributed by atoms with Gasteiger partial charge in [-0.15, -0.1) is 0 Å². The maximum absolute atomic E-state index is 13.0. The van der Waals surface area contributed by atoms with Gasteiger partial charge in [-0.1, -0.05) is 20.8 Å². The zero-order valence-electron chi connectivity index (χ0n) is 21.1. The number of aliphatic hydroxyl groups is 3. The molecule has 3 rings (SSSR count). The van der Waals surface area contributed by atoms with E-state index >= 15 is 0 Å². The SMILES string of the molecule is CCC(C)(C[C@H]1O[C@@H](c2cc3c(C)c(C)cnc3[nH]c2=O)[C@@H](O)C1O)OP(=O)(O)C(O)(CC)CC. The van der Waals surface area contributed by atoms with Gasteiger partial charge in [0.15, 0.2) is 5.34 Å². The molecule has 1 aliphatic rings. The van der Waals surface area contributed by atoms with Gasteiger partial charge in [0, 0.05) is 23.6 Å². The van der Waals surface area contributed by atoms with Gasteiger partial charge in [-0.2, -0.15) is 0 Å². The number of hydrogen-bond donors (Lipinski definition) is 5. The van der Waals surface area contributed by atoms with Gasteiger partial charge in [0.05, 0.1) is 11.7 Å². The summed E-state index contributed by atoms with van der Waals surface area (Å²) in [5.74, 6) is 0. The first kappa shape index (κ1) is 27.9. The van der Waals surface area contributed by atoms with Gasteiger partial charge >= 0.3 is 7.60 Å². The van der Waals surface area contributed by atoms with Crippen LogP contribution in [0.25, 0.3) is 11.0 Å². The predicted molar refractivity (Wildman–Crippen MR) is 131 cm³/mol. The van der Waals surface area contributed by atoms with E-state index in [1.54, 1.807) is 40.0 Å². The van der Waals surface area contributed by atoms with E-state index < -0.39 is 48.5 Å². The lowest BCUT2D eigenvalue weighted by Crippen LogP contribution is -2.40. The highest BCUT2D eigenvalue weighted by Crippen LogP contribution is 2.60. The molecule has 0 spiro atoms. The van der Waals surface area contributed by atoms with Crippen LogP contribution in [0.3, 0.4) is 0 Å². The van der Waals surface area contributed by atoms with Crippen molar-refractivity contribution in [2.45, 2.75) is 103 Å². The van der Waals surface area contributed by atoms with Gasteiger partial charge in [-0.3, -0.25) is 9.36 Å². The Morgan fingerprint density at radius 1 is 1.17 bits per heavy atom. The quantitative estimate of drug-likeness (QED) is 0.318. The van der Waals surface area contributed by atoms with E-state index in [9.17, 15) is 29.6 Å². The fourth-order valence-electron chi connectivity index (χ4n) is 4.49. The van der Waals surface area contributed by atoms with Crippen LogP contribution >= 0.6 is 7.60 Å². The molecule has 0 bridgehead atoms. The third-order valence-corrected chi connectivity index (χ3v) is 9.86. The Hall–Kier alpha value is -1.65. The number of hydrogen-bond acceptors (Lipinski definition) is 8. The van der Waals surface area contributed by atoms with Crippen LogP contribution in [0.2, 0.25) is 0 Å². The summed E-state index contributed by atoms with van der Waals surface area (Å²) in [6, 6.07) is 1.62. The monoisotopic (exact) mass is 512 g/mol. The highest BCUT2D eigenvalue weighted by molar-refractivity contribution is 7.54.